The molecule has 8 nitrogen and oxygen atoms in total. The summed E-state index contributed by atoms with van der Waals surface area (Å²) in [5, 5.41) is 18.9. The summed E-state index contributed by atoms with van der Waals surface area (Å²) in [5.74, 6) is -0.220. The van der Waals surface area contributed by atoms with Gasteiger partial charge in [0.25, 0.3) is 5.69 Å². The molecule has 26 heavy (non-hydrogen) atoms. The van der Waals surface area contributed by atoms with Crippen LogP contribution in [0.4, 0.5) is 5.69 Å². The van der Waals surface area contributed by atoms with E-state index in [1.807, 2.05) is 0 Å². The van der Waals surface area contributed by atoms with Crippen LogP contribution in [0.3, 0.4) is 0 Å². The summed E-state index contributed by atoms with van der Waals surface area (Å²) in [6, 6.07) is 4.79. The largest absolute Gasteiger partial charge is 0.372 e. The van der Waals surface area contributed by atoms with Crippen LogP contribution in [0.5, 0.6) is 0 Å². The van der Waals surface area contributed by atoms with E-state index in [2.05, 4.69) is 10.2 Å². The Morgan fingerprint density at radius 1 is 1.54 bits per heavy atom. The molecule has 2 aromatic rings. The summed E-state index contributed by atoms with van der Waals surface area (Å²) in [4.78, 5) is 24.3. The van der Waals surface area contributed by atoms with Gasteiger partial charge in [-0.25, -0.2) is 0 Å². The van der Waals surface area contributed by atoms with Crippen molar-refractivity contribution in [1.29, 1.82) is 0 Å². The summed E-state index contributed by atoms with van der Waals surface area (Å²) in [7, 11) is 0. The Morgan fingerprint density at radius 2 is 2.31 bits per heavy atom. The van der Waals surface area contributed by atoms with Crippen molar-refractivity contribution in [2.24, 2.45) is 0 Å². The first-order chi connectivity index (χ1) is 12.5. The lowest BCUT2D eigenvalue weighted by Gasteiger charge is -2.27. The molecule has 2 aliphatic heterocycles. The summed E-state index contributed by atoms with van der Waals surface area (Å²) < 4.78 is 5.51. The molecule has 2 aliphatic rings. The molecule has 2 unspecified atom stereocenters. The van der Waals surface area contributed by atoms with E-state index in [0.717, 1.165) is 22.5 Å². The Bertz CT molecular complexity index is 893. The number of fused-ring (bicyclic) bond motifs is 1. The van der Waals surface area contributed by atoms with Gasteiger partial charge in [0.05, 0.1) is 29.2 Å². The number of hydrogen-bond acceptors (Lipinski definition) is 5. The van der Waals surface area contributed by atoms with Gasteiger partial charge in [-0.15, -0.1) is 0 Å². The van der Waals surface area contributed by atoms with Crippen LogP contribution in [0.25, 0.3) is 0 Å². The maximum atomic E-state index is 11.8. The molecule has 4 rings (SSSR count). The monoisotopic (exact) mass is 376 g/mol. The number of carbonyl (C=O) groups is 1. The van der Waals surface area contributed by atoms with Crippen molar-refractivity contribution in [2.45, 2.75) is 31.9 Å². The number of halogens is 1. The fraction of sp³-hybridized carbons (Fsp3) is 0.412. The molecule has 136 valence electrons. The minimum absolute atomic E-state index is 0.0177. The lowest BCUT2D eigenvalue weighted by molar-refractivity contribution is -0.384. The number of nitro benzene ring substituents is 1. The number of H-pyrrole nitrogens is 1. The quantitative estimate of drug-likeness (QED) is 0.501. The van der Waals surface area contributed by atoms with Crippen molar-refractivity contribution in [3.63, 3.8) is 0 Å². The summed E-state index contributed by atoms with van der Waals surface area (Å²) in [6.07, 6.45) is 0.622. The molecule has 1 fully saturated rings. The van der Waals surface area contributed by atoms with Gasteiger partial charge in [0.1, 0.15) is 5.02 Å². The van der Waals surface area contributed by atoms with E-state index in [9.17, 15) is 14.9 Å². The SMILES string of the molecule is CC(=O)N1CCc2[nH]nc(C(c3ccc(Cl)c([N+](=O)[O-])c3)C3CO3)c2C1. The van der Waals surface area contributed by atoms with Gasteiger partial charge >= 0.3 is 0 Å². The Balaban J connectivity index is 1.76. The maximum absolute atomic E-state index is 11.8. The minimum Gasteiger partial charge on any atom is -0.372 e. The molecular weight excluding hydrogens is 360 g/mol. The number of rotatable bonds is 4. The van der Waals surface area contributed by atoms with Gasteiger partial charge in [-0.1, -0.05) is 17.7 Å². The molecule has 9 heteroatoms. The van der Waals surface area contributed by atoms with Gasteiger partial charge < -0.3 is 9.64 Å². The van der Waals surface area contributed by atoms with Crippen LogP contribution in [0, 0.1) is 10.1 Å². The van der Waals surface area contributed by atoms with Crippen LogP contribution in [0.15, 0.2) is 18.2 Å². The molecule has 0 spiro atoms. The molecule has 0 saturated carbocycles. The third-order valence-electron chi connectivity index (χ3n) is 4.96. The van der Waals surface area contributed by atoms with Gasteiger partial charge in [0, 0.05) is 43.8 Å². The standard InChI is InChI=1S/C17H17ClN4O4/c1-9(23)21-5-4-13-11(7-21)17(20-19-13)16(15-8-26-15)10-2-3-12(18)14(6-10)22(24)25/h2-3,6,15-16H,4-5,7-8H2,1H3,(H,19,20). The summed E-state index contributed by atoms with van der Waals surface area (Å²) in [5.41, 5.74) is 3.36. The van der Waals surface area contributed by atoms with E-state index in [1.54, 1.807) is 17.9 Å². The lowest BCUT2D eigenvalue weighted by atomic mass is 9.88. The van der Waals surface area contributed by atoms with E-state index in [0.29, 0.717) is 26.1 Å². The topological polar surface area (TPSA) is 105 Å². The number of nitro groups is 1. The highest BCUT2D eigenvalue weighted by molar-refractivity contribution is 6.32. The fourth-order valence-electron chi connectivity index (χ4n) is 3.50. The molecule has 0 radical (unpaired) electrons. The highest BCUT2D eigenvalue weighted by atomic mass is 35.5. The zero-order chi connectivity index (χ0) is 18.4. The van der Waals surface area contributed by atoms with Gasteiger partial charge in [-0.2, -0.15) is 5.10 Å². The average Bonchev–Trinajstić information content (AvgIpc) is 3.36. The van der Waals surface area contributed by atoms with Crippen molar-refractivity contribution in [1.82, 2.24) is 15.1 Å². The van der Waals surface area contributed by atoms with Crippen LogP contribution in [0.2, 0.25) is 5.02 Å². The molecule has 3 heterocycles. The van der Waals surface area contributed by atoms with E-state index in [4.69, 9.17) is 16.3 Å². The normalized spacial score (nSPS) is 19.8. The van der Waals surface area contributed by atoms with Crippen molar-refractivity contribution in [3.05, 3.63) is 55.9 Å². The van der Waals surface area contributed by atoms with E-state index in [-0.39, 0.29) is 28.6 Å². The first kappa shape index (κ1) is 17.0. The fourth-order valence-corrected chi connectivity index (χ4v) is 3.69. The molecule has 1 aromatic carbocycles. The molecule has 0 bridgehead atoms. The number of nitrogens with zero attached hydrogens (tertiary/aromatic N) is 3. The number of aromatic nitrogens is 2. The number of ether oxygens (including phenoxy) is 1. The number of aromatic amines is 1. The van der Waals surface area contributed by atoms with Crippen molar-refractivity contribution >= 4 is 23.2 Å². The Kier molecular flexibility index (Phi) is 4.16. The Hall–Kier alpha value is -2.45. The third-order valence-corrected chi connectivity index (χ3v) is 5.28. The number of epoxide rings is 1. The molecule has 1 N–H and O–H groups in total. The van der Waals surface area contributed by atoms with Crippen LogP contribution in [-0.4, -0.2) is 45.2 Å². The molecule has 1 amide bonds. The van der Waals surface area contributed by atoms with Gasteiger partial charge in [0.2, 0.25) is 5.91 Å². The van der Waals surface area contributed by atoms with Crippen LogP contribution < -0.4 is 0 Å². The predicted molar refractivity (Wildman–Crippen MR) is 93.1 cm³/mol. The second-order valence-corrected chi connectivity index (χ2v) is 6.98. The number of nitrogens with one attached hydrogen (secondary N) is 1. The Morgan fingerprint density at radius 3 is 2.96 bits per heavy atom. The third kappa shape index (κ3) is 2.95. The molecule has 0 aliphatic carbocycles. The first-order valence-corrected chi connectivity index (χ1v) is 8.70. The maximum Gasteiger partial charge on any atom is 0.288 e. The number of hydrogen-bond donors (Lipinski definition) is 1. The molecule has 1 aromatic heterocycles. The van der Waals surface area contributed by atoms with Gasteiger partial charge in [-0.3, -0.25) is 20.0 Å². The summed E-state index contributed by atoms with van der Waals surface area (Å²) >= 11 is 5.95. The number of carbonyl (C=O) groups excluding carboxylic acids is 1. The van der Waals surface area contributed by atoms with Gasteiger partial charge in [-0.05, 0) is 11.6 Å². The highest BCUT2D eigenvalue weighted by Crippen LogP contribution is 2.40. The van der Waals surface area contributed by atoms with E-state index < -0.39 is 4.92 Å². The summed E-state index contributed by atoms with van der Waals surface area (Å²) in [6.45, 7) is 3.25. The average molecular weight is 377 g/mol. The number of benzene rings is 1. The minimum atomic E-state index is -0.492. The van der Waals surface area contributed by atoms with E-state index >= 15 is 0 Å². The van der Waals surface area contributed by atoms with Crippen LogP contribution >= 0.6 is 11.6 Å². The lowest BCUT2D eigenvalue weighted by Crippen LogP contribution is -2.34. The van der Waals surface area contributed by atoms with E-state index in [1.165, 1.54) is 12.1 Å². The van der Waals surface area contributed by atoms with Gasteiger partial charge in [0.15, 0.2) is 0 Å². The van der Waals surface area contributed by atoms with Crippen LogP contribution in [-0.2, 0) is 22.5 Å². The van der Waals surface area contributed by atoms with Crippen molar-refractivity contribution in [3.8, 4) is 0 Å². The van der Waals surface area contributed by atoms with Crippen molar-refractivity contribution in [2.75, 3.05) is 13.2 Å². The second-order valence-electron chi connectivity index (χ2n) is 6.57. The van der Waals surface area contributed by atoms with Crippen molar-refractivity contribution < 1.29 is 14.5 Å². The smallest absolute Gasteiger partial charge is 0.288 e. The zero-order valence-corrected chi connectivity index (χ0v) is 14.8. The molecular formula is C17H17ClN4O4. The second kappa shape index (κ2) is 6.37. The van der Waals surface area contributed by atoms with Crippen LogP contribution in [0.1, 0.15) is 35.4 Å². The number of amides is 1. The first-order valence-electron chi connectivity index (χ1n) is 8.32. The molecule has 1 saturated heterocycles. The Labute approximate surface area is 154 Å². The zero-order valence-electron chi connectivity index (χ0n) is 14.1. The molecule has 2 atom stereocenters. The highest BCUT2D eigenvalue weighted by Gasteiger charge is 2.40. The predicted octanol–water partition coefficient (Wildman–Crippen LogP) is 2.41.